The lowest BCUT2D eigenvalue weighted by Crippen LogP contribution is -2.23. The average Bonchev–Trinajstić information content (AvgIpc) is 3.09. The molecule has 0 aliphatic carbocycles. The summed E-state index contributed by atoms with van der Waals surface area (Å²) in [6, 6.07) is 6.58. The Hall–Kier alpha value is -1.91. The summed E-state index contributed by atoms with van der Waals surface area (Å²) in [5.74, 6) is 0.965. The van der Waals surface area contributed by atoms with Gasteiger partial charge in [-0.2, -0.15) is 10.2 Å². The summed E-state index contributed by atoms with van der Waals surface area (Å²) >= 11 is 0. The molecule has 0 spiro atoms. The molecule has 2 aromatic heterocycles. The van der Waals surface area contributed by atoms with E-state index in [4.69, 9.17) is 0 Å². The molecular weight excluding hydrogens is 250 g/mol. The van der Waals surface area contributed by atoms with Crippen molar-refractivity contribution < 1.29 is 0 Å². The minimum atomic E-state index is 0.0497. The van der Waals surface area contributed by atoms with Gasteiger partial charge in [-0.25, -0.2) is 0 Å². The lowest BCUT2D eigenvalue weighted by Gasteiger charge is -2.20. The second-order valence-corrected chi connectivity index (χ2v) is 6.40. The van der Waals surface area contributed by atoms with Crippen molar-refractivity contribution in [3.63, 3.8) is 0 Å². The minimum Gasteiger partial charge on any atom is -0.353 e. The van der Waals surface area contributed by atoms with Crippen LogP contribution in [0.5, 0.6) is 0 Å². The van der Waals surface area contributed by atoms with E-state index in [9.17, 15) is 0 Å². The molecule has 0 N–H and O–H groups in total. The van der Waals surface area contributed by atoms with E-state index in [1.807, 2.05) is 23.1 Å². The minimum absolute atomic E-state index is 0.0497. The largest absolute Gasteiger partial charge is 0.353 e. The molecule has 3 rings (SSSR count). The Morgan fingerprint density at radius 1 is 1.20 bits per heavy atom. The summed E-state index contributed by atoms with van der Waals surface area (Å²) in [6.07, 6.45) is 4.97. The third-order valence-electron chi connectivity index (χ3n) is 3.81. The molecule has 5 heteroatoms. The average molecular weight is 271 g/mol. The fourth-order valence-corrected chi connectivity index (χ4v) is 2.56. The van der Waals surface area contributed by atoms with E-state index in [-0.39, 0.29) is 5.41 Å². The van der Waals surface area contributed by atoms with Crippen LogP contribution in [0.25, 0.3) is 0 Å². The highest BCUT2D eigenvalue weighted by Gasteiger charge is 2.25. The molecule has 1 aliphatic rings. The first kappa shape index (κ1) is 13.1. The molecule has 106 valence electrons. The second-order valence-electron chi connectivity index (χ2n) is 6.40. The van der Waals surface area contributed by atoms with Gasteiger partial charge < -0.3 is 4.90 Å². The van der Waals surface area contributed by atoms with Gasteiger partial charge in [0.25, 0.3) is 0 Å². The van der Waals surface area contributed by atoms with Crippen LogP contribution in [0, 0.1) is 0 Å². The van der Waals surface area contributed by atoms with Gasteiger partial charge in [-0.05, 0) is 24.6 Å². The molecule has 0 saturated carbocycles. The first-order chi connectivity index (χ1) is 9.54. The topological polar surface area (TPSA) is 46.8 Å². The molecular formula is C15H21N5. The van der Waals surface area contributed by atoms with E-state index >= 15 is 0 Å². The van der Waals surface area contributed by atoms with Crippen LogP contribution in [-0.4, -0.2) is 33.1 Å². The monoisotopic (exact) mass is 271 g/mol. The van der Waals surface area contributed by atoms with Crippen LogP contribution in [0.15, 0.2) is 30.6 Å². The Bertz CT molecular complexity index is 553. The van der Waals surface area contributed by atoms with Crippen molar-refractivity contribution in [3.8, 4) is 0 Å². The van der Waals surface area contributed by atoms with Crippen molar-refractivity contribution in [3.05, 3.63) is 36.3 Å². The van der Waals surface area contributed by atoms with Crippen LogP contribution in [0.3, 0.4) is 0 Å². The lowest BCUT2D eigenvalue weighted by atomic mass is 9.92. The molecule has 0 bridgehead atoms. The molecule has 1 unspecified atom stereocenters. The van der Waals surface area contributed by atoms with E-state index in [2.05, 4.69) is 53.1 Å². The van der Waals surface area contributed by atoms with Crippen molar-refractivity contribution in [2.24, 2.45) is 0 Å². The van der Waals surface area contributed by atoms with Crippen LogP contribution in [0.2, 0.25) is 0 Å². The van der Waals surface area contributed by atoms with Gasteiger partial charge in [0, 0.05) is 30.9 Å². The Morgan fingerprint density at radius 2 is 2.05 bits per heavy atom. The van der Waals surface area contributed by atoms with Gasteiger partial charge in [-0.3, -0.25) is 4.68 Å². The third-order valence-corrected chi connectivity index (χ3v) is 3.81. The maximum Gasteiger partial charge on any atom is 0.151 e. The molecule has 20 heavy (non-hydrogen) atoms. The highest BCUT2D eigenvalue weighted by Crippen LogP contribution is 2.26. The number of rotatable bonds is 2. The molecule has 2 aromatic rings. The number of anilines is 1. The molecule has 0 radical (unpaired) electrons. The predicted molar refractivity (Wildman–Crippen MR) is 78.8 cm³/mol. The fourth-order valence-electron chi connectivity index (χ4n) is 2.56. The molecule has 1 saturated heterocycles. The Morgan fingerprint density at radius 3 is 2.65 bits per heavy atom. The molecule has 1 aliphatic heterocycles. The van der Waals surface area contributed by atoms with E-state index < -0.39 is 0 Å². The third kappa shape index (κ3) is 2.53. The zero-order valence-corrected chi connectivity index (χ0v) is 12.3. The molecule has 0 aromatic carbocycles. The smallest absolute Gasteiger partial charge is 0.151 e. The first-order valence-corrected chi connectivity index (χ1v) is 7.12. The molecule has 3 heterocycles. The zero-order chi connectivity index (χ0) is 14.2. The number of hydrogen-bond donors (Lipinski definition) is 0. The molecule has 5 nitrogen and oxygen atoms in total. The summed E-state index contributed by atoms with van der Waals surface area (Å²) in [4.78, 5) is 2.28. The van der Waals surface area contributed by atoms with Gasteiger partial charge in [-0.15, -0.1) is 5.10 Å². The predicted octanol–water partition coefficient (Wildman–Crippen LogP) is 2.42. The molecule has 1 fully saturated rings. The summed E-state index contributed by atoms with van der Waals surface area (Å²) in [7, 11) is 0. The highest BCUT2D eigenvalue weighted by molar-refractivity contribution is 5.39. The number of hydrogen-bond acceptors (Lipinski definition) is 4. The van der Waals surface area contributed by atoms with E-state index in [1.165, 1.54) is 0 Å². The quantitative estimate of drug-likeness (QED) is 0.841. The van der Waals surface area contributed by atoms with Gasteiger partial charge >= 0.3 is 0 Å². The van der Waals surface area contributed by atoms with Crippen LogP contribution < -0.4 is 4.90 Å². The fraction of sp³-hybridized carbons (Fsp3) is 0.533. The highest BCUT2D eigenvalue weighted by atomic mass is 15.3. The summed E-state index contributed by atoms with van der Waals surface area (Å²) in [5, 5.41) is 13.1. The lowest BCUT2D eigenvalue weighted by molar-refractivity contribution is 0.494. The SMILES string of the molecule is CC(C)(C)c1ccc(N2CCC(n3cccn3)C2)nn1. The van der Waals surface area contributed by atoms with Crippen LogP contribution in [0.1, 0.15) is 38.9 Å². The van der Waals surface area contributed by atoms with Crippen molar-refractivity contribution in [2.45, 2.75) is 38.6 Å². The van der Waals surface area contributed by atoms with Crippen LogP contribution >= 0.6 is 0 Å². The summed E-state index contributed by atoms with van der Waals surface area (Å²) in [6.45, 7) is 8.42. The second kappa shape index (κ2) is 4.89. The van der Waals surface area contributed by atoms with Gasteiger partial charge in [-0.1, -0.05) is 20.8 Å². The number of nitrogens with zero attached hydrogens (tertiary/aromatic N) is 5. The molecule has 1 atom stereocenters. The summed E-state index contributed by atoms with van der Waals surface area (Å²) in [5.41, 5.74) is 1.08. The standard InChI is InChI=1S/C15H21N5/c1-15(2,3)13-5-6-14(18-17-13)19-10-7-12(11-19)20-9-4-8-16-20/h4-6,8-9,12H,7,10-11H2,1-3H3. The Kier molecular flexibility index (Phi) is 3.20. The van der Waals surface area contributed by atoms with Crippen LogP contribution in [0.4, 0.5) is 5.82 Å². The van der Waals surface area contributed by atoms with Crippen molar-refractivity contribution in [1.82, 2.24) is 20.0 Å². The van der Waals surface area contributed by atoms with E-state index in [1.54, 1.807) is 0 Å². The van der Waals surface area contributed by atoms with Crippen molar-refractivity contribution in [1.29, 1.82) is 0 Å². The normalized spacial score (nSPS) is 19.6. The maximum atomic E-state index is 4.39. The first-order valence-electron chi connectivity index (χ1n) is 7.12. The van der Waals surface area contributed by atoms with Crippen LogP contribution in [-0.2, 0) is 5.41 Å². The van der Waals surface area contributed by atoms with E-state index in [0.717, 1.165) is 31.0 Å². The van der Waals surface area contributed by atoms with Gasteiger partial charge in [0.2, 0.25) is 0 Å². The van der Waals surface area contributed by atoms with E-state index in [0.29, 0.717) is 6.04 Å². The van der Waals surface area contributed by atoms with Gasteiger partial charge in [0.15, 0.2) is 5.82 Å². The van der Waals surface area contributed by atoms with Crippen molar-refractivity contribution in [2.75, 3.05) is 18.0 Å². The van der Waals surface area contributed by atoms with Gasteiger partial charge in [0.1, 0.15) is 0 Å². The number of aromatic nitrogens is 4. The Balaban J connectivity index is 1.72. The zero-order valence-electron chi connectivity index (χ0n) is 12.3. The Labute approximate surface area is 119 Å². The van der Waals surface area contributed by atoms with Gasteiger partial charge in [0.05, 0.1) is 11.7 Å². The van der Waals surface area contributed by atoms with Crippen molar-refractivity contribution >= 4 is 5.82 Å². The summed E-state index contributed by atoms with van der Waals surface area (Å²) < 4.78 is 2.04. The maximum absolute atomic E-state index is 4.39. The molecule has 0 amide bonds.